The molecule has 28 heavy (non-hydrogen) atoms. The molecule has 4 rings (SSSR count). The Kier molecular flexibility index (Phi) is 4.61. The number of hydrogen-bond donors (Lipinski definition) is 2. The number of benzene rings is 2. The number of hydrogen-bond acceptors (Lipinski definition) is 5. The quantitative estimate of drug-likeness (QED) is 0.719. The third-order valence-corrected chi connectivity index (χ3v) is 4.88. The molecule has 142 valence electrons. The number of nitrogens with one attached hydrogen (secondary N) is 2. The van der Waals surface area contributed by atoms with E-state index in [9.17, 15) is 18.4 Å². The van der Waals surface area contributed by atoms with Gasteiger partial charge in [0.2, 0.25) is 0 Å². The Morgan fingerprint density at radius 3 is 2.39 bits per heavy atom. The summed E-state index contributed by atoms with van der Waals surface area (Å²) >= 11 is 0. The molecule has 8 heteroatoms. The van der Waals surface area contributed by atoms with E-state index in [1.54, 1.807) is 0 Å². The first-order valence-corrected chi connectivity index (χ1v) is 8.77. The number of nitriles is 1. The average molecular weight is 383 g/mol. The van der Waals surface area contributed by atoms with E-state index in [1.165, 1.54) is 12.1 Å². The number of anilines is 1. The molecule has 1 fully saturated rings. The highest BCUT2D eigenvalue weighted by Crippen LogP contribution is 2.33. The number of halogens is 3. The summed E-state index contributed by atoms with van der Waals surface area (Å²) in [6.07, 6.45) is -4.38. The maximum absolute atomic E-state index is 12.8. The van der Waals surface area contributed by atoms with Crippen molar-refractivity contribution in [3.8, 4) is 17.3 Å². The van der Waals surface area contributed by atoms with Crippen LogP contribution in [0.2, 0.25) is 0 Å². The number of fused-ring (bicyclic) bond motifs is 1. The average Bonchev–Trinajstić information content (AvgIpc) is 3.15. The van der Waals surface area contributed by atoms with Gasteiger partial charge < -0.3 is 10.6 Å². The Balaban J connectivity index is 1.73. The second-order valence-electron chi connectivity index (χ2n) is 6.66. The lowest BCUT2D eigenvalue weighted by Crippen LogP contribution is -2.28. The molecule has 1 unspecified atom stereocenters. The summed E-state index contributed by atoms with van der Waals surface area (Å²) in [4.78, 5) is 0. The smallest absolute Gasteiger partial charge is 0.363 e. The minimum absolute atomic E-state index is 0.0837. The van der Waals surface area contributed by atoms with E-state index >= 15 is 0 Å². The fraction of sp³-hybridized carbons (Fsp3) is 0.250. The first kappa shape index (κ1) is 18.2. The van der Waals surface area contributed by atoms with Crippen LogP contribution in [0, 0.1) is 17.2 Å². The van der Waals surface area contributed by atoms with E-state index in [1.807, 2.05) is 24.3 Å². The largest absolute Gasteiger partial charge is 0.416 e. The predicted molar refractivity (Wildman–Crippen MR) is 99.4 cm³/mol. The van der Waals surface area contributed by atoms with Crippen LogP contribution in [0.5, 0.6) is 0 Å². The molecular weight excluding hydrogens is 367 g/mol. The molecule has 1 aromatic heterocycles. The fourth-order valence-corrected chi connectivity index (χ4v) is 3.38. The highest BCUT2D eigenvalue weighted by molar-refractivity contribution is 6.00. The molecule has 2 aromatic carbocycles. The van der Waals surface area contributed by atoms with Gasteiger partial charge in [-0.2, -0.15) is 18.4 Å². The molecular formula is C20H16F3N5. The standard InChI is InChI=1S/C20H16F3N5/c21-20(22,23)14-7-5-12(6-8-14)18-15-3-1-2-4-16(15)19(28-27-18)26-17-11-25-10-13(17)9-24/h1-8,13,17,25H,10-11H2,(H,26,28)/t13?,17-/m0/s1. The van der Waals surface area contributed by atoms with Crippen molar-refractivity contribution >= 4 is 16.6 Å². The van der Waals surface area contributed by atoms with Gasteiger partial charge in [0.25, 0.3) is 0 Å². The molecule has 1 aliphatic heterocycles. The van der Waals surface area contributed by atoms with Gasteiger partial charge in [0.05, 0.1) is 23.6 Å². The molecule has 2 atom stereocenters. The predicted octanol–water partition coefficient (Wildman–Crippen LogP) is 3.84. The molecule has 0 radical (unpaired) electrons. The van der Waals surface area contributed by atoms with Crippen molar-refractivity contribution < 1.29 is 13.2 Å². The lowest BCUT2D eigenvalue weighted by atomic mass is 10.0. The molecule has 0 saturated carbocycles. The van der Waals surface area contributed by atoms with Crippen molar-refractivity contribution in [3.63, 3.8) is 0 Å². The topological polar surface area (TPSA) is 73.6 Å². The maximum atomic E-state index is 12.8. The van der Waals surface area contributed by atoms with Crippen molar-refractivity contribution in [2.45, 2.75) is 12.2 Å². The van der Waals surface area contributed by atoms with Gasteiger partial charge in [0.1, 0.15) is 5.69 Å². The molecule has 0 aliphatic carbocycles. The second kappa shape index (κ2) is 7.09. The molecule has 2 N–H and O–H groups in total. The molecule has 3 aromatic rings. The lowest BCUT2D eigenvalue weighted by molar-refractivity contribution is -0.137. The van der Waals surface area contributed by atoms with Gasteiger partial charge >= 0.3 is 6.18 Å². The van der Waals surface area contributed by atoms with Gasteiger partial charge in [0, 0.05) is 29.4 Å². The lowest BCUT2D eigenvalue weighted by Gasteiger charge is -2.17. The Labute approximate surface area is 159 Å². The highest BCUT2D eigenvalue weighted by Gasteiger charge is 2.30. The van der Waals surface area contributed by atoms with Crippen LogP contribution in [0.25, 0.3) is 22.0 Å². The van der Waals surface area contributed by atoms with Crippen molar-refractivity contribution in [3.05, 3.63) is 54.1 Å². The number of aromatic nitrogens is 2. The van der Waals surface area contributed by atoms with E-state index in [0.717, 1.165) is 22.9 Å². The normalized spacial score (nSPS) is 19.5. The van der Waals surface area contributed by atoms with E-state index in [2.05, 4.69) is 26.9 Å². The summed E-state index contributed by atoms with van der Waals surface area (Å²) in [6.45, 7) is 1.26. The number of nitrogens with zero attached hydrogens (tertiary/aromatic N) is 3. The molecule has 2 heterocycles. The summed E-state index contributed by atoms with van der Waals surface area (Å²) in [5.41, 5.74) is 0.361. The van der Waals surface area contributed by atoms with Crippen LogP contribution >= 0.6 is 0 Å². The minimum Gasteiger partial charge on any atom is -0.363 e. The van der Waals surface area contributed by atoms with Crippen LogP contribution in [0.3, 0.4) is 0 Å². The summed E-state index contributed by atoms with van der Waals surface area (Å²) in [5, 5.41) is 25.8. The van der Waals surface area contributed by atoms with E-state index in [-0.39, 0.29) is 12.0 Å². The van der Waals surface area contributed by atoms with Gasteiger partial charge in [-0.1, -0.05) is 36.4 Å². The van der Waals surface area contributed by atoms with Crippen molar-refractivity contribution in [2.24, 2.45) is 5.92 Å². The monoisotopic (exact) mass is 383 g/mol. The Bertz CT molecular complexity index is 1040. The molecule has 0 spiro atoms. The van der Waals surface area contributed by atoms with E-state index < -0.39 is 11.7 Å². The van der Waals surface area contributed by atoms with Gasteiger partial charge in [-0.25, -0.2) is 0 Å². The zero-order valence-corrected chi connectivity index (χ0v) is 14.7. The number of alkyl halides is 3. The van der Waals surface area contributed by atoms with E-state index in [0.29, 0.717) is 30.2 Å². The first-order valence-electron chi connectivity index (χ1n) is 8.77. The van der Waals surface area contributed by atoms with Crippen molar-refractivity contribution in [2.75, 3.05) is 18.4 Å². The number of rotatable bonds is 3. The molecule has 1 saturated heterocycles. The third-order valence-electron chi connectivity index (χ3n) is 4.88. The van der Waals surface area contributed by atoms with E-state index in [4.69, 9.17) is 0 Å². The maximum Gasteiger partial charge on any atom is 0.416 e. The van der Waals surface area contributed by atoms with Crippen molar-refractivity contribution in [1.29, 1.82) is 5.26 Å². The van der Waals surface area contributed by atoms with Crippen LogP contribution in [-0.2, 0) is 6.18 Å². The summed E-state index contributed by atoms with van der Waals surface area (Å²) in [5.74, 6) is 0.385. The zero-order valence-electron chi connectivity index (χ0n) is 14.7. The second-order valence-corrected chi connectivity index (χ2v) is 6.66. The van der Waals surface area contributed by atoms with Crippen LogP contribution in [0.15, 0.2) is 48.5 Å². The Morgan fingerprint density at radius 1 is 1.00 bits per heavy atom. The van der Waals surface area contributed by atoms with Gasteiger partial charge in [-0.15, -0.1) is 10.2 Å². The minimum atomic E-state index is -4.38. The van der Waals surface area contributed by atoms with Gasteiger partial charge in [0.15, 0.2) is 5.82 Å². The Hall–Kier alpha value is -3.18. The molecule has 5 nitrogen and oxygen atoms in total. The summed E-state index contributed by atoms with van der Waals surface area (Å²) in [6, 6.07) is 14.5. The summed E-state index contributed by atoms with van der Waals surface area (Å²) < 4.78 is 38.5. The van der Waals surface area contributed by atoms with Crippen LogP contribution < -0.4 is 10.6 Å². The Morgan fingerprint density at radius 2 is 1.71 bits per heavy atom. The molecule has 1 aliphatic rings. The van der Waals surface area contributed by atoms with Crippen LogP contribution in [0.4, 0.5) is 19.0 Å². The molecule has 0 bridgehead atoms. The highest BCUT2D eigenvalue weighted by atomic mass is 19.4. The zero-order chi connectivity index (χ0) is 19.7. The first-order chi connectivity index (χ1) is 13.5. The van der Waals surface area contributed by atoms with Gasteiger partial charge in [-0.3, -0.25) is 0 Å². The van der Waals surface area contributed by atoms with Crippen molar-refractivity contribution in [1.82, 2.24) is 15.5 Å². The fourth-order valence-electron chi connectivity index (χ4n) is 3.38. The molecule has 0 amide bonds. The summed E-state index contributed by atoms with van der Waals surface area (Å²) in [7, 11) is 0. The SMILES string of the molecule is N#CC1CNC[C@@H]1Nc1nnc(-c2ccc(C(F)(F)F)cc2)c2ccccc12. The van der Waals surface area contributed by atoms with Crippen LogP contribution in [-0.4, -0.2) is 29.3 Å². The van der Waals surface area contributed by atoms with Gasteiger partial charge in [-0.05, 0) is 12.1 Å². The third kappa shape index (κ3) is 3.37. The van der Waals surface area contributed by atoms with Crippen LogP contribution in [0.1, 0.15) is 5.56 Å².